The summed E-state index contributed by atoms with van der Waals surface area (Å²) in [7, 11) is 1.13. The van der Waals surface area contributed by atoms with E-state index in [4.69, 9.17) is 9.47 Å². The molecule has 0 unspecified atom stereocenters. The van der Waals surface area contributed by atoms with E-state index in [1.807, 2.05) is 24.3 Å². The van der Waals surface area contributed by atoms with Crippen LogP contribution in [0.25, 0.3) is 0 Å². The topological polar surface area (TPSA) is 55.8 Å². The molecule has 2 rings (SSSR count). The van der Waals surface area contributed by atoms with Crippen molar-refractivity contribution >= 4 is 19.2 Å². The zero-order valence-corrected chi connectivity index (χ0v) is 16.7. The van der Waals surface area contributed by atoms with Crippen molar-refractivity contribution in [1.82, 2.24) is 0 Å². The first kappa shape index (κ1) is 20.1. The molecule has 0 aliphatic carbocycles. The van der Waals surface area contributed by atoms with Gasteiger partial charge in [-0.15, -0.1) is 0 Å². The third-order valence-corrected chi connectivity index (χ3v) is 7.30. The van der Waals surface area contributed by atoms with Crippen LogP contribution in [0.2, 0.25) is 13.1 Å². The van der Waals surface area contributed by atoms with E-state index in [0.717, 1.165) is 5.56 Å². The lowest BCUT2D eigenvalue weighted by Gasteiger charge is -2.22. The summed E-state index contributed by atoms with van der Waals surface area (Å²) < 4.78 is 10.2. The van der Waals surface area contributed by atoms with Crippen LogP contribution in [0.5, 0.6) is 0 Å². The molecule has 138 valence electrons. The Bertz CT molecular complexity index is 738. The summed E-state index contributed by atoms with van der Waals surface area (Å²) in [5.74, 6) is -0.387. The van der Waals surface area contributed by atoms with E-state index in [1.54, 1.807) is 31.4 Å². The predicted octanol–water partition coefficient (Wildman–Crippen LogP) is 3.23. The summed E-state index contributed by atoms with van der Waals surface area (Å²) in [5.41, 5.74) is 3.40. The number of ether oxygens (including phenoxy) is 2. The third-order valence-electron chi connectivity index (χ3n) is 4.45. The Labute approximate surface area is 156 Å². The molecule has 0 bridgehead atoms. The Balaban J connectivity index is 2.15. The summed E-state index contributed by atoms with van der Waals surface area (Å²) in [4.78, 5) is 11.5. The van der Waals surface area contributed by atoms with Crippen LogP contribution in [0.4, 0.5) is 0 Å². The van der Waals surface area contributed by atoms with Crippen molar-refractivity contribution in [2.75, 3.05) is 14.2 Å². The molecular formula is C21H26O4Si. The minimum atomic E-state index is -1.79. The molecule has 0 heterocycles. The molecule has 0 aliphatic heterocycles. The standard InChI is InChI=1S/C21H26O4Si/c1-24-20(16-10-12-17(13-11-16)21(23)25-2)19(22)14-15-26(3,4)18-8-6-5-7-9-18/h5-15,19-20,22H,1-4H3/b15-14+/t19-,20-/m0/s1. The highest BCUT2D eigenvalue weighted by atomic mass is 28.3. The van der Waals surface area contributed by atoms with Gasteiger partial charge in [-0.05, 0) is 17.7 Å². The molecule has 0 amide bonds. The molecule has 5 heteroatoms. The van der Waals surface area contributed by atoms with Gasteiger partial charge in [0, 0.05) is 7.11 Å². The number of carbonyl (C=O) groups excluding carboxylic acids is 1. The highest BCUT2D eigenvalue weighted by molar-refractivity contribution is 6.93. The minimum Gasteiger partial charge on any atom is -0.465 e. The number of aliphatic hydroxyl groups excluding tert-OH is 1. The Morgan fingerprint density at radius 1 is 1.04 bits per heavy atom. The van der Waals surface area contributed by atoms with Gasteiger partial charge in [-0.2, -0.15) is 0 Å². The van der Waals surface area contributed by atoms with Crippen LogP contribution in [0, 0.1) is 0 Å². The molecule has 2 atom stereocenters. The van der Waals surface area contributed by atoms with Gasteiger partial charge in [0.2, 0.25) is 0 Å². The van der Waals surface area contributed by atoms with E-state index in [9.17, 15) is 9.90 Å². The fraction of sp³-hybridized carbons (Fsp3) is 0.286. The van der Waals surface area contributed by atoms with Crippen molar-refractivity contribution in [2.45, 2.75) is 25.3 Å². The van der Waals surface area contributed by atoms with Gasteiger partial charge in [0.25, 0.3) is 0 Å². The fourth-order valence-electron chi connectivity index (χ4n) is 2.80. The van der Waals surface area contributed by atoms with Gasteiger partial charge in [-0.1, -0.05) is 72.5 Å². The first-order valence-electron chi connectivity index (χ1n) is 8.53. The van der Waals surface area contributed by atoms with Crippen LogP contribution >= 0.6 is 0 Å². The molecular weight excluding hydrogens is 344 g/mol. The van der Waals surface area contributed by atoms with Gasteiger partial charge < -0.3 is 14.6 Å². The number of benzene rings is 2. The average Bonchev–Trinajstić information content (AvgIpc) is 2.67. The molecule has 0 aromatic heterocycles. The molecule has 0 aliphatic rings. The first-order chi connectivity index (χ1) is 12.4. The van der Waals surface area contributed by atoms with Gasteiger partial charge >= 0.3 is 5.97 Å². The molecule has 1 N–H and O–H groups in total. The van der Waals surface area contributed by atoms with E-state index < -0.39 is 20.3 Å². The van der Waals surface area contributed by atoms with Crippen molar-refractivity contribution in [3.63, 3.8) is 0 Å². The Morgan fingerprint density at radius 2 is 1.65 bits per heavy atom. The number of hydrogen-bond acceptors (Lipinski definition) is 4. The van der Waals surface area contributed by atoms with Gasteiger partial charge in [0.05, 0.1) is 12.7 Å². The van der Waals surface area contributed by atoms with Crippen molar-refractivity contribution < 1.29 is 19.4 Å². The second kappa shape index (κ2) is 8.94. The Morgan fingerprint density at radius 3 is 2.19 bits per heavy atom. The van der Waals surface area contributed by atoms with Crippen LogP contribution in [-0.4, -0.2) is 39.5 Å². The largest absolute Gasteiger partial charge is 0.465 e. The molecule has 0 radical (unpaired) electrons. The van der Waals surface area contributed by atoms with Crippen LogP contribution in [0.1, 0.15) is 22.0 Å². The Kier molecular flexibility index (Phi) is 6.91. The molecule has 2 aromatic rings. The zero-order chi connectivity index (χ0) is 19.2. The van der Waals surface area contributed by atoms with Gasteiger partial charge in [0.15, 0.2) is 0 Å². The maximum atomic E-state index is 11.5. The first-order valence-corrected chi connectivity index (χ1v) is 11.6. The van der Waals surface area contributed by atoms with E-state index >= 15 is 0 Å². The van der Waals surface area contributed by atoms with Crippen molar-refractivity contribution in [1.29, 1.82) is 0 Å². The number of esters is 1. The van der Waals surface area contributed by atoms with Crippen molar-refractivity contribution in [2.24, 2.45) is 0 Å². The summed E-state index contributed by atoms with van der Waals surface area (Å²) >= 11 is 0. The van der Waals surface area contributed by atoms with E-state index in [-0.39, 0.29) is 5.97 Å². The molecule has 26 heavy (non-hydrogen) atoms. The summed E-state index contributed by atoms with van der Waals surface area (Å²) in [6.45, 7) is 4.47. The van der Waals surface area contributed by atoms with Crippen LogP contribution in [-0.2, 0) is 9.47 Å². The molecule has 0 saturated carbocycles. The maximum absolute atomic E-state index is 11.5. The second-order valence-corrected chi connectivity index (χ2v) is 11.1. The number of aliphatic hydroxyl groups is 1. The number of rotatable bonds is 7. The van der Waals surface area contributed by atoms with Crippen molar-refractivity contribution in [3.05, 3.63) is 77.5 Å². The minimum absolute atomic E-state index is 0.387. The molecule has 0 spiro atoms. The molecule has 0 saturated heterocycles. The van der Waals surface area contributed by atoms with E-state index in [0.29, 0.717) is 5.56 Å². The fourth-order valence-corrected chi connectivity index (χ4v) is 4.73. The second-order valence-electron chi connectivity index (χ2n) is 6.71. The lowest BCUT2D eigenvalue weighted by Crippen LogP contribution is -2.39. The van der Waals surface area contributed by atoms with Crippen LogP contribution in [0.15, 0.2) is 66.4 Å². The van der Waals surface area contributed by atoms with Crippen LogP contribution < -0.4 is 5.19 Å². The quantitative estimate of drug-likeness (QED) is 0.600. The lowest BCUT2D eigenvalue weighted by molar-refractivity contribution is 0.0109. The smallest absolute Gasteiger partial charge is 0.337 e. The summed E-state index contributed by atoms with van der Waals surface area (Å²) in [6.07, 6.45) is 0.541. The number of carbonyl (C=O) groups is 1. The van der Waals surface area contributed by atoms with E-state index in [1.165, 1.54) is 12.3 Å². The highest BCUT2D eigenvalue weighted by Gasteiger charge is 2.23. The molecule has 4 nitrogen and oxygen atoms in total. The predicted molar refractivity (Wildman–Crippen MR) is 106 cm³/mol. The van der Waals surface area contributed by atoms with E-state index in [2.05, 4.69) is 30.9 Å². The third kappa shape index (κ3) is 4.91. The van der Waals surface area contributed by atoms with Gasteiger partial charge in [-0.25, -0.2) is 4.79 Å². The van der Waals surface area contributed by atoms with Crippen molar-refractivity contribution in [3.8, 4) is 0 Å². The summed E-state index contributed by atoms with van der Waals surface area (Å²) in [5, 5.41) is 11.9. The zero-order valence-electron chi connectivity index (χ0n) is 15.7. The number of hydrogen-bond donors (Lipinski definition) is 1. The number of methoxy groups -OCH3 is 2. The average molecular weight is 371 g/mol. The van der Waals surface area contributed by atoms with Crippen LogP contribution in [0.3, 0.4) is 0 Å². The molecule has 0 fully saturated rings. The summed E-state index contributed by atoms with van der Waals surface area (Å²) in [6, 6.07) is 17.2. The normalized spacial score (nSPS) is 14.2. The molecule has 2 aromatic carbocycles. The lowest BCUT2D eigenvalue weighted by atomic mass is 10.0. The Hall–Kier alpha value is -2.21. The van der Waals surface area contributed by atoms with Gasteiger partial charge in [-0.3, -0.25) is 0 Å². The van der Waals surface area contributed by atoms with Gasteiger partial charge in [0.1, 0.15) is 20.3 Å². The monoisotopic (exact) mass is 370 g/mol. The maximum Gasteiger partial charge on any atom is 0.337 e. The highest BCUT2D eigenvalue weighted by Crippen LogP contribution is 2.23. The SMILES string of the molecule is COC(=O)c1ccc([C@H](OC)[C@@H](O)/C=C/[Si](C)(C)c2ccccc2)cc1.